The van der Waals surface area contributed by atoms with Crippen LogP contribution in [0.25, 0.3) is 0 Å². The van der Waals surface area contributed by atoms with Gasteiger partial charge in [0.25, 0.3) is 0 Å². The molecule has 0 bridgehead atoms. The Bertz CT molecular complexity index is 541. The lowest BCUT2D eigenvalue weighted by Gasteiger charge is -2.11. The second-order valence-electron chi connectivity index (χ2n) is 4.31. The summed E-state index contributed by atoms with van der Waals surface area (Å²) < 4.78 is 0. The molecular weight excluding hydrogens is 417 g/mol. The highest BCUT2D eigenvalue weighted by molar-refractivity contribution is 14.0. The van der Waals surface area contributed by atoms with E-state index in [1.54, 1.807) is 18.4 Å². The molecule has 0 amide bonds. The van der Waals surface area contributed by atoms with Crippen molar-refractivity contribution < 1.29 is 0 Å². The highest BCUT2D eigenvalue weighted by Crippen LogP contribution is 2.09. The Morgan fingerprint density at radius 3 is 2.57 bits per heavy atom. The summed E-state index contributed by atoms with van der Waals surface area (Å²) in [5, 5.41) is 9.45. The minimum atomic E-state index is 0. The van der Waals surface area contributed by atoms with Crippen molar-refractivity contribution in [1.82, 2.24) is 10.6 Å². The van der Waals surface area contributed by atoms with Gasteiger partial charge in [-0.05, 0) is 35.6 Å². The molecule has 0 fully saturated rings. The van der Waals surface area contributed by atoms with Gasteiger partial charge in [-0.25, -0.2) is 0 Å². The number of hydrogen-bond acceptors (Lipinski definition) is 2. The minimum Gasteiger partial charge on any atom is -0.356 e. The zero-order valence-corrected chi connectivity index (χ0v) is 15.7. The van der Waals surface area contributed by atoms with Crippen LogP contribution < -0.4 is 10.6 Å². The predicted molar refractivity (Wildman–Crippen MR) is 103 cm³/mol. The number of rotatable bonds is 5. The second kappa shape index (κ2) is 10.0. The number of halogens is 2. The largest absolute Gasteiger partial charge is 0.356 e. The van der Waals surface area contributed by atoms with E-state index in [0.717, 1.165) is 30.5 Å². The fraction of sp³-hybridized carbons (Fsp3) is 0.267. The van der Waals surface area contributed by atoms with Crippen LogP contribution in [-0.2, 0) is 13.0 Å². The van der Waals surface area contributed by atoms with Crippen molar-refractivity contribution in [2.45, 2.75) is 13.0 Å². The van der Waals surface area contributed by atoms with Gasteiger partial charge < -0.3 is 10.6 Å². The van der Waals surface area contributed by atoms with Crippen molar-refractivity contribution in [3.63, 3.8) is 0 Å². The highest BCUT2D eigenvalue weighted by Gasteiger charge is 1.99. The third-order valence-electron chi connectivity index (χ3n) is 2.85. The molecule has 114 valence electrons. The predicted octanol–water partition coefficient (Wildman–Crippen LogP) is 3.93. The average molecular weight is 436 g/mol. The number of thiophene rings is 1. The normalized spacial score (nSPS) is 10.9. The van der Waals surface area contributed by atoms with E-state index in [4.69, 9.17) is 11.6 Å². The zero-order valence-electron chi connectivity index (χ0n) is 11.8. The van der Waals surface area contributed by atoms with Gasteiger partial charge in [-0.2, -0.15) is 0 Å². The smallest absolute Gasteiger partial charge is 0.191 e. The molecule has 0 atom stereocenters. The van der Waals surface area contributed by atoms with Gasteiger partial charge in [0.1, 0.15) is 0 Å². The standard InChI is InChI=1S/C15H18ClN3S.HI/c1-17-15(19-11-14-3-2-10-20-14)18-9-8-12-4-6-13(16)7-5-12;/h2-7,10H,8-9,11H2,1H3,(H2,17,18,19);1H. The van der Waals surface area contributed by atoms with Crippen LogP contribution in [0.1, 0.15) is 10.4 Å². The highest BCUT2D eigenvalue weighted by atomic mass is 127. The molecule has 3 nitrogen and oxygen atoms in total. The number of nitrogens with one attached hydrogen (secondary N) is 2. The summed E-state index contributed by atoms with van der Waals surface area (Å²) in [7, 11) is 1.78. The Morgan fingerprint density at radius 1 is 1.19 bits per heavy atom. The van der Waals surface area contributed by atoms with Crippen molar-refractivity contribution in [3.8, 4) is 0 Å². The van der Waals surface area contributed by atoms with Crippen LogP contribution >= 0.6 is 46.9 Å². The fourth-order valence-corrected chi connectivity index (χ4v) is 2.55. The number of benzene rings is 1. The van der Waals surface area contributed by atoms with Crippen molar-refractivity contribution in [2.75, 3.05) is 13.6 Å². The van der Waals surface area contributed by atoms with E-state index >= 15 is 0 Å². The van der Waals surface area contributed by atoms with Gasteiger partial charge in [0.05, 0.1) is 6.54 Å². The first kappa shape index (κ1) is 18.3. The molecule has 0 saturated heterocycles. The van der Waals surface area contributed by atoms with Gasteiger partial charge in [0.15, 0.2) is 5.96 Å². The molecule has 2 aromatic rings. The third-order valence-corrected chi connectivity index (χ3v) is 3.98. The lowest BCUT2D eigenvalue weighted by Crippen LogP contribution is -2.37. The summed E-state index contributed by atoms with van der Waals surface area (Å²) >= 11 is 7.60. The molecule has 2 rings (SSSR count). The van der Waals surface area contributed by atoms with Crippen LogP contribution in [0.4, 0.5) is 0 Å². The number of nitrogens with zero attached hydrogens (tertiary/aromatic N) is 1. The van der Waals surface area contributed by atoms with Gasteiger partial charge in [-0.15, -0.1) is 35.3 Å². The molecule has 0 spiro atoms. The molecule has 1 aromatic carbocycles. The molecule has 0 saturated carbocycles. The van der Waals surface area contributed by atoms with Crippen LogP contribution in [0, 0.1) is 0 Å². The number of aliphatic imine (C=N–C) groups is 1. The van der Waals surface area contributed by atoms with Gasteiger partial charge >= 0.3 is 0 Å². The topological polar surface area (TPSA) is 36.4 Å². The molecule has 0 aliphatic carbocycles. The summed E-state index contributed by atoms with van der Waals surface area (Å²) in [6, 6.07) is 12.1. The van der Waals surface area contributed by atoms with Crippen molar-refractivity contribution in [3.05, 3.63) is 57.2 Å². The van der Waals surface area contributed by atoms with Crippen LogP contribution in [-0.4, -0.2) is 19.6 Å². The Hall–Kier alpha value is -0.790. The van der Waals surface area contributed by atoms with Crippen LogP contribution in [0.2, 0.25) is 5.02 Å². The monoisotopic (exact) mass is 435 g/mol. The van der Waals surface area contributed by atoms with Crippen LogP contribution in [0.5, 0.6) is 0 Å². The van der Waals surface area contributed by atoms with Gasteiger partial charge in [0, 0.05) is 23.5 Å². The number of guanidine groups is 1. The molecule has 2 N–H and O–H groups in total. The molecule has 0 aliphatic rings. The van der Waals surface area contributed by atoms with Crippen molar-refractivity contribution in [1.29, 1.82) is 0 Å². The molecule has 21 heavy (non-hydrogen) atoms. The van der Waals surface area contributed by atoms with Gasteiger partial charge in [-0.1, -0.05) is 29.8 Å². The summed E-state index contributed by atoms with van der Waals surface area (Å²) in [4.78, 5) is 5.51. The molecule has 1 heterocycles. The molecule has 0 radical (unpaired) electrons. The fourth-order valence-electron chi connectivity index (χ4n) is 1.78. The maximum Gasteiger partial charge on any atom is 0.191 e. The summed E-state index contributed by atoms with van der Waals surface area (Å²) in [6.45, 7) is 1.64. The first-order valence-corrected chi connectivity index (χ1v) is 7.75. The Balaban J connectivity index is 0.00000220. The van der Waals surface area contributed by atoms with E-state index in [0.29, 0.717) is 0 Å². The Labute approximate surface area is 151 Å². The summed E-state index contributed by atoms with van der Waals surface area (Å²) in [5.74, 6) is 0.826. The summed E-state index contributed by atoms with van der Waals surface area (Å²) in [6.07, 6.45) is 0.941. The van der Waals surface area contributed by atoms with Gasteiger partial charge in [-0.3, -0.25) is 4.99 Å². The van der Waals surface area contributed by atoms with E-state index < -0.39 is 0 Å². The Kier molecular flexibility index (Phi) is 8.72. The SMILES string of the molecule is CN=C(NCCc1ccc(Cl)cc1)NCc1cccs1.I. The quantitative estimate of drug-likeness (QED) is 0.424. The van der Waals surface area contributed by atoms with E-state index in [1.165, 1.54) is 10.4 Å². The molecule has 0 aliphatic heterocycles. The van der Waals surface area contributed by atoms with Crippen LogP contribution in [0.3, 0.4) is 0 Å². The molecule has 0 unspecified atom stereocenters. The lowest BCUT2D eigenvalue weighted by atomic mass is 10.1. The molecule has 6 heteroatoms. The second-order valence-corrected chi connectivity index (χ2v) is 5.78. The van der Waals surface area contributed by atoms with E-state index in [2.05, 4.69) is 33.1 Å². The van der Waals surface area contributed by atoms with E-state index in [1.807, 2.05) is 24.3 Å². The maximum absolute atomic E-state index is 5.86. The van der Waals surface area contributed by atoms with Crippen molar-refractivity contribution >= 4 is 52.9 Å². The van der Waals surface area contributed by atoms with E-state index in [-0.39, 0.29) is 24.0 Å². The van der Waals surface area contributed by atoms with Crippen LogP contribution in [0.15, 0.2) is 46.8 Å². The van der Waals surface area contributed by atoms with E-state index in [9.17, 15) is 0 Å². The minimum absolute atomic E-state index is 0. The Morgan fingerprint density at radius 2 is 1.95 bits per heavy atom. The first-order valence-electron chi connectivity index (χ1n) is 6.49. The maximum atomic E-state index is 5.86. The average Bonchev–Trinajstić information content (AvgIpc) is 2.98. The summed E-state index contributed by atoms with van der Waals surface area (Å²) in [5.41, 5.74) is 1.26. The number of hydrogen-bond donors (Lipinski definition) is 2. The zero-order chi connectivity index (χ0) is 14.2. The lowest BCUT2D eigenvalue weighted by molar-refractivity contribution is 0.799. The third kappa shape index (κ3) is 6.67. The molecule has 1 aromatic heterocycles. The first-order chi connectivity index (χ1) is 9.78. The molecular formula is C15H19ClIN3S. The van der Waals surface area contributed by atoms with Gasteiger partial charge in [0.2, 0.25) is 0 Å². The van der Waals surface area contributed by atoms with Crippen molar-refractivity contribution in [2.24, 2.45) is 4.99 Å².